The van der Waals surface area contributed by atoms with Crippen LogP contribution in [0.3, 0.4) is 0 Å². The Morgan fingerprint density at radius 2 is 1.94 bits per heavy atom. The highest BCUT2D eigenvalue weighted by molar-refractivity contribution is 6.30. The number of benzene rings is 1. The average molecular weight is 271 g/mol. The van der Waals surface area contributed by atoms with Gasteiger partial charge >= 0.3 is 0 Å². The van der Waals surface area contributed by atoms with Gasteiger partial charge in [0.1, 0.15) is 6.04 Å². The van der Waals surface area contributed by atoms with E-state index < -0.39 is 18.6 Å². The second-order valence-corrected chi connectivity index (χ2v) is 4.22. The molecule has 3 N–H and O–H groups in total. The van der Waals surface area contributed by atoms with Crippen molar-refractivity contribution < 1.29 is 14.7 Å². The lowest BCUT2D eigenvalue weighted by Gasteiger charge is -2.15. The summed E-state index contributed by atoms with van der Waals surface area (Å²) in [7, 11) is 0. The Labute approximate surface area is 110 Å². The van der Waals surface area contributed by atoms with E-state index in [1.165, 1.54) is 6.92 Å². The van der Waals surface area contributed by atoms with Gasteiger partial charge in [-0.3, -0.25) is 9.59 Å². The predicted molar refractivity (Wildman–Crippen MR) is 68.0 cm³/mol. The van der Waals surface area contributed by atoms with Crippen molar-refractivity contribution in [3.05, 3.63) is 34.9 Å². The molecule has 1 rings (SSSR count). The molecule has 18 heavy (non-hydrogen) atoms. The molecule has 0 saturated heterocycles. The molecular formula is C12H15ClN2O3. The number of hydrogen-bond acceptors (Lipinski definition) is 3. The van der Waals surface area contributed by atoms with Gasteiger partial charge < -0.3 is 15.7 Å². The molecule has 0 aliphatic heterocycles. The molecule has 2 amide bonds. The van der Waals surface area contributed by atoms with Crippen LogP contribution in [0.15, 0.2) is 24.3 Å². The van der Waals surface area contributed by atoms with Crippen molar-refractivity contribution in [1.29, 1.82) is 0 Å². The Balaban J connectivity index is 2.49. The van der Waals surface area contributed by atoms with E-state index in [0.717, 1.165) is 5.56 Å². The first kappa shape index (κ1) is 14.5. The second kappa shape index (κ2) is 6.98. The molecule has 0 aliphatic carbocycles. The maximum atomic E-state index is 11.6. The van der Waals surface area contributed by atoms with Gasteiger partial charge in [0.25, 0.3) is 0 Å². The summed E-state index contributed by atoms with van der Waals surface area (Å²) in [6, 6.07) is 6.10. The van der Waals surface area contributed by atoms with E-state index in [4.69, 9.17) is 16.7 Å². The summed E-state index contributed by atoms with van der Waals surface area (Å²) in [4.78, 5) is 22.5. The van der Waals surface area contributed by atoms with Gasteiger partial charge in [-0.2, -0.15) is 0 Å². The zero-order valence-corrected chi connectivity index (χ0v) is 10.7. The summed E-state index contributed by atoms with van der Waals surface area (Å²) >= 11 is 5.74. The first-order chi connectivity index (χ1) is 8.52. The number of carbonyl (C=O) groups excluding carboxylic acids is 2. The lowest BCUT2D eigenvalue weighted by atomic mass is 10.2. The number of carbonyl (C=O) groups is 2. The summed E-state index contributed by atoms with van der Waals surface area (Å²) in [5.41, 5.74) is 0.882. The summed E-state index contributed by atoms with van der Waals surface area (Å²) in [6.07, 6.45) is 0. The monoisotopic (exact) mass is 270 g/mol. The largest absolute Gasteiger partial charge is 0.394 e. The van der Waals surface area contributed by atoms with Crippen molar-refractivity contribution in [3.63, 3.8) is 0 Å². The van der Waals surface area contributed by atoms with Crippen LogP contribution in [0.5, 0.6) is 0 Å². The van der Waals surface area contributed by atoms with Crippen molar-refractivity contribution in [2.45, 2.75) is 19.5 Å². The van der Waals surface area contributed by atoms with Gasteiger partial charge in [-0.15, -0.1) is 0 Å². The Morgan fingerprint density at radius 3 is 2.44 bits per heavy atom. The minimum Gasteiger partial charge on any atom is -0.394 e. The Bertz CT molecular complexity index is 420. The van der Waals surface area contributed by atoms with E-state index in [-0.39, 0.29) is 5.91 Å². The maximum Gasteiger partial charge on any atom is 0.245 e. The highest BCUT2D eigenvalue weighted by Crippen LogP contribution is 2.09. The molecule has 0 saturated carbocycles. The zero-order chi connectivity index (χ0) is 13.5. The fourth-order valence-electron chi connectivity index (χ4n) is 1.35. The minimum atomic E-state index is -0.921. The standard InChI is InChI=1S/C12H15ClN2O3/c1-8(17)15-11(7-16)12(18)14-6-9-2-4-10(13)5-3-9/h2-5,11,16H,6-7H2,1H3,(H,14,18)(H,15,17)/t11-/m1/s1. The Morgan fingerprint density at radius 1 is 1.33 bits per heavy atom. The van der Waals surface area contributed by atoms with Crippen molar-refractivity contribution >= 4 is 23.4 Å². The van der Waals surface area contributed by atoms with Crippen LogP contribution in [-0.4, -0.2) is 29.6 Å². The van der Waals surface area contributed by atoms with Crippen LogP contribution < -0.4 is 10.6 Å². The third-order valence-corrected chi connectivity index (χ3v) is 2.51. The summed E-state index contributed by atoms with van der Waals surface area (Å²) in [5, 5.41) is 14.6. The van der Waals surface area contributed by atoms with Gasteiger partial charge in [0.2, 0.25) is 11.8 Å². The molecule has 0 spiro atoms. The molecule has 1 aromatic rings. The fraction of sp³-hybridized carbons (Fsp3) is 0.333. The summed E-state index contributed by atoms with van der Waals surface area (Å²) < 4.78 is 0. The fourth-order valence-corrected chi connectivity index (χ4v) is 1.48. The van der Waals surface area contributed by atoms with Crippen LogP contribution in [0, 0.1) is 0 Å². The quantitative estimate of drug-likeness (QED) is 0.727. The number of halogens is 1. The highest BCUT2D eigenvalue weighted by Gasteiger charge is 2.17. The van der Waals surface area contributed by atoms with Gasteiger partial charge in [-0.1, -0.05) is 23.7 Å². The predicted octanol–water partition coefficient (Wildman–Crippen LogP) is 0.453. The van der Waals surface area contributed by atoms with Crippen LogP contribution in [0.2, 0.25) is 5.02 Å². The van der Waals surface area contributed by atoms with Crippen molar-refractivity contribution in [1.82, 2.24) is 10.6 Å². The number of hydrogen-bond donors (Lipinski definition) is 3. The third-order valence-electron chi connectivity index (χ3n) is 2.26. The number of nitrogens with one attached hydrogen (secondary N) is 2. The number of amides is 2. The van der Waals surface area contributed by atoms with E-state index in [0.29, 0.717) is 11.6 Å². The molecule has 1 aromatic carbocycles. The van der Waals surface area contributed by atoms with Crippen molar-refractivity contribution in [3.8, 4) is 0 Å². The molecule has 0 bridgehead atoms. The smallest absolute Gasteiger partial charge is 0.245 e. The van der Waals surface area contributed by atoms with Gasteiger partial charge in [0, 0.05) is 18.5 Å². The Hall–Kier alpha value is -1.59. The molecule has 0 radical (unpaired) electrons. The molecule has 5 nitrogen and oxygen atoms in total. The topological polar surface area (TPSA) is 78.4 Å². The number of rotatable bonds is 5. The zero-order valence-electron chi connectivity index (χ0n) is 9.94. The second-order valence-electron chi connectivity index (χ2n) is 3.78. The van der Waals surface area contributed by atoms with E-state index >= 15 is 0 Å². The van der Waals surface area contributed by atoms with E-state index in [1.54, 1.807) is 24.3 Å². The SMILES string of the molecule is CC(=O)N[C@H](CO)C(=O)NCc1ccc(Cl)cc1. The van der Waals surface area contributed by atoms with E-state index in [9.17, 15) is 9.59 Å². The van der Waals surface area contributed by atoms with Gasteiger partial charge in [-0.25, -0.2) is 0 Å². The molecule has 0 aromatic heterocycles. The lowest BCUT2D eigenvalue weighted by molar-refractivity contribution is -0.129. The average Bonchev–Trinajstić information content (AvgIpc) is 2.34. The molecule has 0 unspecified atom stereocenters. The van der Waals surface area contributed by atoms with Gasteiger partial charge in [0.15, 0.2) is 0 Å². The first-order valence-electron chi connectivity index (χ1n) is 5.43. The maximum absolute atomic E-state index is 11.6. The lowest BCUT2D eigenvalue weighted by Crippen LogP contribution is -2.48. The van der Waals surface area contributed by atoms with Gasteiger partial charge in [0.05, 0.1) is 6.61 Å². The van der Waals surface area contributed by atoms with Crippen LogP contribution in [0.25, 0.3) is 0 Å². The highest BCUT2D eigenvalue weighted by atomic mass is 35.5. The van der Waals surface area contributed by atoms with E-state index in [1.807, 2.05) is 0 Å². The molecule has 98 valence electrons. The molecule has 6 heteroatoms. The molecular weight excluding hydrogens is 256 g/mol. The number of aliphatic hydroxyl groups is 1. The van der Waals surface area contributed by atoms with Crippen LogP contribution in [0.4, 0.5) is 0 Å². The van der Waals surface area contributed by atoms with Crippen LogP contribution >= 0.6 is 11.6 Å². The Kier molecular flexibility index (Phi) is 5.61. The first-order valence-corrected chi connectivity index (χ1v) is 5.81. The number of aliphatic hydroxyl groups excluding tert-OH is 1. The van der Waals surface area contributed by atoms with Crippen LogP contribution in [-0.2, 0) is 16.1 Å². The van der Waals surface area contributed by atoms with Crippen LogP contribution in [0.1, 0.15) is 12.5 Å². The normalized spacial score (nSPS) is 11.7. The summed E-state index contributed by atoms with van der Waals surface area (Å²) in [6.45, 7) is 1.16. The van der Waals surface area contributed by atoms with Crippen molar-refractivity contribution in [2.24, 2.45) is 0 Å². The van der Waals surface area contributed by atoms with Crippen molar-refractivity contribution in [2.75, 3.05) is 6.61 Å². The molecule has 0 fully saturated rings. The third kappa shape index (κ3) is 4.73. The minimum absolute atomic E-state index is 0.312. The van der Waals surface area contributed by atoms with Gasteiger partial charge in [-0.05, 0) is 17.7 Å². The van der Waals surface area contributed by atoms with E-state index in [2.05, 4.69) is 10.6 Å². The molecule has 0 heterocycles. The molecule has 1 atom stereocenters. The molecule has 0 aliphatic rings. The summed E-state index contributed by atoms with van der Waals surface area (Å²) in [5.74, 6) is -0.793.